The quantitative estimate of drug-likeness (QED) is 0.152. The molecule has 0 radical (unpaired) electrons. The summed E-state index contributed by atoms with van der Waals surface area (Å²) in [6, 6.07) is 5.32. The largest absolute Gasteiger partial charge is 0.491 e. The summed E-state index contributed by atoms with van der Waals surface area (Å²) in [4.78, 5) is 22.4. The number of rotatable bonds is 3. The van der Waals surface area contributed by atoms with Gasteiger partial charge in [-0.1, -0.05) is 12.1 Å². The summed E-state index contributed by atoms with van der Waals surface area (Å²) in [6.45, 7) is 11.5. The molecule has 16 heteroatoms. The van der Waals surface area contributed by atoms with Gasteiger partial charge in [-0.3, -0.25) is 21.5 Å². The highest BCUT2D eigenvalue weighted by atomic mass is 35.5. The smallest absolute Gasteiger partial charge is 0.478 e. The molecule has 0 aliphatic carbocycles. The van der Waals surface area contributed by atoms with E-state index in [0.29, 0.717) is 10.9 Å². The zero-order valence-electron chi connectivity index (χ0n) is 23.1. The van der Waals surface area contributed by atoms with E-state index in [9.17, 15) is 28.4 Å². The van der Waals surface area contributed by atoms with Crippen LogP contribution in [0.1, 0.15) is 73.4 Å². The zero-order valence-corrected chi connectivity index (χ0v) is 23.9. The minimum Gasteiger partial charge on any atom is -0.478 e. The molecule has 40 heavy (non-hydrogen) atoms. The fraction of sp³-hybridized carbons (Fsp3) is 0.417. The zero-order chi connectivity index (χ0) is 29.7. The Bertz CT molecular complexity index is 1210. The van der Waals surface area contributed by atoms with Gasteiger partial charge in [-0.25, -0.2) is 19.0 Å². The van der Waals surface area contributed by atoms with Gasteiger partial charge < -0.3 is 24.5 Å². The molecule has 1 amide bonds. The average molecular weight is 587 g/mol. The van der Waals surface area contributed by atoms with E-state index in [4.69, 9.17) is 20.3 Å². The first kappa shape index (κ1) is 35.4. The standard InChI is InChI=1S/C12H16BFN2O3.C8H6BFO4.C4H12N2.ClH/c1-12(2,3)16-15-11(17)7-4-5-9-8(10(7)14)6-19-13(9)18;10-7-4(8(11)12)1-2-6-5(7)3-14-9(6)13;1-4(2,3)6-5;/h4-5,16,18H,6H2,1-3H3,(H,15,17);1-2,13H,3H2,(H,11,12);6H,5H2,1-3H3;1H. The van der Waals surface area contributed by atoms with Crippen molar-refractivity contribution in [1.29, 1.82) is 0 Å². The van der Waals surface area contributed by atoms with Gasteiger partial charge in [0.05, 0.1) is 24.3 Å². The lowest BCUT2D eigenvalue weighted by atomic mass is 9.79. The maximum Gasteiger partial charge on any atom is 0.491 e. The second kappa shape index (κ2) is 14.3. The number of carboxylic acid groups (broad SMARTS) is 1. The van der Waals surface area contributed by atoms with E-state index in [1.165, 1.54) is 18.2 Å². The van der Waals surface area contributed by atoms with Gasteiger partial charge in [0.15, 0.2) is 0 Å². The van der Waals surface area contributed by atoms with Crippen LogP contribution < -0.4 is 33.0 Å². The first-order valence-electron chi connectivity index (χ1n) is 12.0. The number of hydrogen-bond donors (Lipinski definition) is 7. The molecule has 0 spiro atoms. The van der Waals surface area contributed by atoms with Crippen molar-refractivity contribution >= 4 is 49.4 Å². The second-order valence-electron chi connectivity index (χ2n) is 10.8. The molecular weight excluding hydrogens is 551 g/mol. The number of aromatic carboxylic acids is 1. The molecule has 0 saturated carbocycles. The van der Waals surface area contributed by atoms with Gasteiger partial charge in [-0.15, -0.1) is 12.4 Å². The molecule has 0 aromatic heterocycles. The number of amides is 1. The third kappa shape index (κ3) is 9.49. The van der Waals surface area contributed by atoms with Crippen LogP contribution >= 0.6 is 12.4 Å². The van der Waals surface area contributed by atoms with E-state index in [-0.39, 0.29) is 53.4 Å². The van der Waals surface area contributed by atoms with Crippen molar-refractivity contribution in [2.45, 2.75) is 65.8 Å². The molecule has 2 aromatic carbocycles. The third-order valence-corrected chi connectivity index (χ3v) is 5.32. The number of halogens is 3. The van der Waals surface area contributed by atoms with Gasteiger partial charge in [-0.05, 0) is 64.6 Å². The monoisotopic (exact) mass is 586 g/mol. The molecule has 4 rings (SSSR count). The van der Waals surface area contributed by atoms with Crippen molar-refractivity contribution in [3.8, 4) is 0 Å². The Hall–Kier alpha value is -2.62. The summed E-state index contributed by atoms with van der Waals surface area (Å²) in [5.41, 5.74) is 8.13. The number of fused-ring (bicyclic) bond motifs is 2. The summed E-state index contributed by atoms with van der Waals surface area (Å²) >= 11 is 0. The molecule has 0 bridgehead atoms. The van der Waals surface area contributed by atoms with E-state index in [2.05, 4.69) is 16.3 Å². The van der Waals surface area contributed by atoms with E-state index < -0.39 is 43.3 Å². The van der Waals surface area contributed by atoms with E-state index in [1.807, 2.05) is 41.5 Å². The number of nitrogens with one attached hydrogen (secondary N) is 3. The predicted molar refractivity (Wildman–Crippen MR) is 149 cm³/mol. The molecule has 0 saturated heterocycles. The fourth-order valence-electron chi connectivity index (χ4n) is 3.18. The van der Waals surface area contributed by atoms with Crippen LogP contribution in [0.3, 0.4) is 0 Å². The Morgan fingerprint density at radius 1 is 0.850 bits per heavy atom. The van der Waals surface area contributed by atoms with E-state index in [0.717, 1.165) is 6.07 Å². The van der Waals surface area contributed by atoms with Crippen LogP contribution in [-0.2, 0) is 22.5 Å². The van der Waals surface area contributed by atoms with Crippen molar-refractivity contribution in [1.82, 2.24) is 16.3 Å². The highest BCUT2D eigenvalue weighted by Crippen LogP contribution is 2.18. The van der Waals surface area contributed by atoms with Gasteiger partial charge in [-0.2, -0.15) is 0 Å². The van der Waals surface area contributed by atoms with Crippen molar-refractivity contribution in [3.05, 3.63) is 58.2 Å². The van der Waals surface area contributed by atoms with Gasteiger partial charge >= 0.3 is 20.2 Å². The highest BCUT2D eigenvalue weighted by Gasteiger charge is 2.32. The Kier molecular flexibility index (Phi) is 12.7. The average Bonchev–Trinajstić information content (AvgIpc) is 3.41. The Labute approximate surface area is 238 Å². The van der Waals surface area contributed by atoms with Crippen LogP contribution in [0.2, 0.25) is 0 Å². The highest BCUT2D eigenvalue weighted by molar-refractivity contribution is 6.62. The second-order valence-corrected chi connectivity index (χ2v) is 10.8. The summed E-state index contributed by atoms with van der Waals surface area (Å²) < 4.78 is 37.2. The summed E-state index contributed by atoms with van der Waals surface area (Å²) in [5, 5.41) is 27.3. The van der Waals surface area contributed by atoms with Crippen molar-refractivity contribution < 1.29 is 42.8 Å². The topological polar surface area (TPSA) is 175 Å². The molecular formula is C24H35B2ClF2N4O7. The molecule has 220 valence electrons. The summed E-state index contributed by atoms with van der Waals surface area (Å²) in [6.07, 6.45) is 0. The molecule has 0 unspecified atom stereocenters. The van der Waals surface area contributed by atoms with Gasteiger partial charge in [0.25, 0.3) is 5.91 Å². The van der Waals surface area contributed by atoms with Crippen LogP contribution in [0, 0.1) is 11.6 Å². The molecule has 2 aromatic rings. The Balaban J connectivity index is 0.000000335. The molecule has 2 heterocycles. The van der Waals surface area contributed by atoms with E-state index in [1.54, 1.807) is 0 Å². The number of benzene rings is 2. The van der Waals surface area contributed by atoms with Crippen LogP contribution in [0.15, 0.2) is 24.3 Å². The van der Waals surface area contributed by atoms with E-state index >= 15 is 0 Å². The molecule has 8 N–H and O–H groups in total. The number of hydrazine groups is 2. The lowest BCUT2D eigenvalue weighted by Crippen LogP contribution is -2.49. The van der Waals surface area contributed by atoms with Crippen LogP contribution in [-0.4, -0.2) is 52.3 Å². The lowest BCUT2D eigenvalue weighted by molar-refractivity contribution is 0.0691. The van der Waals surface area contributed by atoms with Crippen LogP contribution in [0.25, 0.3) is 0 Å². The van der Waals surface area contributed by atoms with Crippen LogP contribution in [0.4, 0.5) is 8.78 Å². The fourth-order valence-corrected chi connectivity index (χ4v) is 3.18. The number of hydrogen-bond acceptors (Lipinski definition) is 9. The Morgan fingerprint density at radius 2 is 1.25 bits per heavy atom. The third-order valence-electron chi connectivity index (χ3n) is 5.32. The minimum atomic E-state index is -1.33. The van der Waals surface area contributed by atoms with Gasteiger partial charge in [0.1, 0.15) is 11.6 Å². The first-order valence-corrected chi connectivity index (χ1v) is 12.0. The van der Waals surface area contributed by atoms with Gasteiger partial charge in [0, 0.05) is 22.2 Å². The van der Waals surface area contributed by atoms with Crippen molar-refractivity contribution in [2.75, 3.05) is 0 Å². The first-order chi connectivity index (χ1) is 18.0. The van der Waals surface area contributed by atoms with Crippen molar-refractivity contribution in [3.63, 3.8) is 0 Å². The SMILES string of the molecule is CC(C)(C)NN.CC(C)(C)NNC(=O)c1ccc2c(c1F)COB2O.Cl.O=C(O)c1ccc2c(c1F)COB2O. The predicted octanol–water partition coefficient (Wildman–Crippen LogP) is 0.488. The van der Waals surface area contributed by atoms with Crippen molar-refractivity contribution in [2.24, 2.45) is 5.84 Å². The number of nitrogens with two attached hydrogens (primary N) is 1. The number of carbonyl (C=O) groups excluding carboxylic acids is 1. The maximum absolute atomic E-state index is 14.1. The van der Waals surface area contributed by atoms with Crippen LogP contribution in [0.5, 0.6) is 0 Å². The molecule has 2 aliphatic heterocycles. The molecule has 2 aliphatic rings. The Morgan fingerprint density at radius 3 is 1.62 bits per heavy atom. The molecule has 11 nitrogen and oxygen atoms in total. The number of carbonyl (C=O) groups is 2. The maximum atomic E-state index is 14.1. The lowest BCUT2D eigenvalue weighted by Gasteiger charge is -2.21. The summed E-state index contributed by atoms with van der Waals surface area (Å²) in [5.74, 6) is 1.69. The molecule has 0 fully saturated rings. The number of carboxylic acids is 1. The summed E-state index contributed by atoms with van der Waals surface area (Å²) in [7, 11) is -2.27. The van der Waals surface area contributed by atoms with Gasteiger partial charge in [0.2, 0.25) is 0 Å². The molecule has 0 atom stereocenters. The minimum absolute atomic E-state index is 0. The normalized spacial score (nSPS) is 13.7.